The minimum absolute atomic E-state index is 0.00907. The summed E-state index contributed by atoms with van der Waals surface area (Å²) in [6.07, 6.45) is 1.60. The Bertz CT molecular complexity index is 1450. The molecule has 186 valence electrons. The fraction of sp³-hybridized carbons (Fsp3) is 0.115. The summed E-state index contributed by atoms with van der Waals surface area (Å²) in [5.74, 6) is 0.444. The number of nitriles is 1. The van der Waals surface area contributed by atoms with Crippen molar-refractivity contribution >= 4 is 50.6 Å². The van der Waals surface area contributed by atoms with Crippen molar-refractivity contribution < 1.29 is 24.0 Å². The summed E-state index contributed by atoms with van der Waals surface area (Å²) in [4.78, 5) is 37.1. The van der Waals surface area contributed by atoms with Crippen molar-refractivity contribution in [2.75, 3.05) is 7.11 Å². The Labute approximate surface area is 224 Å². The summed E-state index contributed by atoms with van der Waals surface area (Å²) in [7, 11) is 1.50. The largest absolute Gasteiger partial charge is 0.493 e. The fourth-order valence-corrected chi connectivity index (χ4v) is 4.90. The maximum atomic E-state index is 12.9. The van der Waals surface area contributed by atoms with Crippen LogP contribution in [-0.4, -0.2) is 28.1 Å². The van der Waals surface area contributed by atoms with Gasteiger partial charge in [-0.15, -0.1) is 0 Å². The molecular formula is C26H18BrN3O6S. The van der Waals surface area contributed by atoms with E-state index in [4.69, 9.17) is 14.7 Å². The van der Waals surface area contributed by atoms with Crippen LogP contribution in [0.5, 0.6) is 11.5 Å². The zero-order valence-corrected chi connectivity index (χ0v) is 21.7. The summed E-state index contributed by atoms with van der Waals surface area (Å²) in [5, 5.41) is 19.3. The molecule has 0 aliphatic carbocycles. The smallest absolute Gasteiger partial charge is 0.293 e. The number of imide groups is 1. The van der Waals surface area contributed by atoms with E-state index in [1.54, 1.807) is 42.5 Å². The molecule has 0 radical (unpaired) electrons. The maximum Gasteiger partial charge on any atom is 0.293 e. The number of hydrogen-bond donors (Lipinski definition) is 0. The van der Waals surface area contributed by atoms with E-state index in [-0.39, 0.29) is 23.7 Å². The molecule has 9 nitrogen and oxygen atoms in total. The van der Waals surface area contributed by atoms with Gasteiger partial charge in [-0.1, -0.05) is 24.3 Å². The van der Waals surface area contributed by atoms with Crippen LogP contribution in [0.15, 0.2) is 70.0 Å². The normalized spacial score (nSPS) is 14.1. The van der Waals surface area contributed by atoms with Gasteiger partial charge < -0.3 is 9.47 Å². The summed E-state index contributed by atoms with van der Waals surface area (Å²) in [6, 6.07) is 18.3. The van der Waals surface area contributed by atoms with Crippen LogP contribution >= 0.6 is 27.7 Å². The van der Waals surface area contributed by atoms with Crippen LogP contribution in [0, 0.1) is 21.4 Å². The van der Waals surface area contributed by atoms with Crippen molar-refractivity contribution in [1.29, 1.82) is 5.26 Å². The van der Waals surface area contributed by atoms with Crippen molar-refractivity contribution in [3.63, 3.8) is 0 Å². The number of nitro groups is 1. The molecule has 37 heavy (non-hydrogen) atoms. The van der Waals surface area contributed by atoms with Crippen LogP contribution in [0.4, 0.5) is 10.5 Å². The van der Waals surface area contributed by atoms with Gasteiger partial charge in [0.15, 0.2) is 11.5 Å². The highest BCUT2D eigenvalue weighted by Crippen LogP contribution is 2.39. The first-order valence-electron chi connectivity index (χ1n) is 10.8. The zero-order chi connectivity index (χ0) is 26.5. The lowest BCUT2D eigenvalue weighted by atomic mass is 10.1. The predicted octanol–water partition coefficient (Wildman–Crippen LogP) is 6.05. The molecule has 0 unspecified atom stereocenters. The number of hydrogen-bond acceptors (Lipinski definition) is 8. The topological polar surface area (TPSA) is 123 Å². The molecule has 1 heterocycles. The zero-order valence-electron chi connectivity index (χ0n) is 19.3. The van der Waals surface area contributed by atoms with Crippen LogP contribution in [0.1, 0.15) is 22.3 Å². The fourth-order valence-electron chi connectivity index (χ4n) is 3.49. The van der Waals surface area contributed by atoms with Crippen LogP contribution in [0.25, 0.3) is 6.08 Å². The van der Waals surface area contributed by atoms with Gasteiger partial charge in [0, 0.05) is 12.1 Å². The number of amides is 2. The number of halogens is 1. The van der Waals surface area contributed by atoms with Gasteiger partial charge in [-0.2, -0.15) is 5.26 Å². The molecule has 1 aliphatic rings. The lowest BCUT2D eigenvalue weighted by Crippen LogP contribution is -2.27. The van der Waals surface area contributed by atoms with Crippen molar-refractivity contribution in [3.8, 4) is 17.6 Å². The minimum atomic E-state index is -0.512. The van der Waals surface area contributed by atoms with E-state index in [9.17, 15) is 19.7 Å². The van der Waals surface area contributed by atoms with Gasteiger partial charge in [-0.05, 0) is 74.7 Å². The molecule has 0 N–H and O–H groups in total. The molecule has 0 spiro atoms. The molecule has 2 amide bonds. The van der Waals surface area contributed by atoms with Crippen molar-refractivity contribution in [2.45, 2.75) is 13.2 Å². The van der Waals surface area contributed by atoms with Gasteiger partial charge >= 0.3 is 0 Å². The van der Waals surface area contributed by atoms with E-state index in [0.717, 1.165) is 22.2 Å². The molecule has 0 saturated carbocycles. The Morgan fingerprint density at radius 3 is 2.41 bits per heavy atom. The lowest BCUT2D eigenvalue weighted by molar-refractivity contribution is -0.384. The SMILES string of the molecule is COc1cc(C=C2SC(=O)N(Cc3ccc([N+](=O)[O-])cc3)C2=O)cc(Br)c1OCc1ccc(C#N)cc1. The first-order chi connectivity index (χ1) is 17.8. The number of thioether (sulfide) groups is 1. The van der Waals surface area contributed by atoms with Gasteiger partial charge in [-0.3, -0.25) is 24.6 Å². The van der Waals surface area contributed by atoms with Crippen LogP contribution in [0.2, 0.25) is 0 Å². The molecule has 0 atom stereocenters. The number of non-ortho nitro benzene ring substituents is 1. The maximum absolute atomic E-state index is 12.9. The third kappa shape index (κ3) is 5.99. The summed E-state index contributed by atoms with van der Waals surface area (Å²) >= 11 is 4.31. The monoisotopic (exact) mass is 579 g/mol. The van der Waals surface area contributed by atoms with E-state index in [2.05, 4.69) is 22.0 Å². The molecule has 1 saturated heterocycles. The van der Waals surface area contributed by atoms with Crippen LogP contribution in [-0.2, 0) is 17.9 Å². The van der Waals surface area contributed by atoms with Gasteiger partial charge in [0.1, 0.15) is 6.61 Å². The molecule has 0 bridgehead atoms. The highest BCUT2D eigenvalue weighted by atomic mass is 79.9. The van der Waals surface area contributed by atoms with Gasteiger partial charge in [0.05, 0.1) is 39.6 Å². The lowest BCUT2D eigenvalue weighted by Gasteiger charge is -2.14. The van der Waals surface area contributed by atoms with Gasteiger partial charge in [-0.25, -0.2) is 0 Å². The Kier molecular flexibility index (Phi) is 7.91. The van der Waals surface area contributed by atoms with Gasteiger partial charge in [0.25, 0.3) is 16.8 Å². The number of carbonyl (C=O) groups is 2. The number of ether oxygens (including phenoxy) is 2. The molecule has 1 aliphatic heterocycles. The van der Waals surface area contributed by atoms with Crippen LogP contribution < -0.4 is 9.47 Å². The highest BCUT2D eigenvalue weighted by Gasteiger charge is 2.35. The molecule has 3 aromatic rings. The van der Waals surface area contributed by atoms with Gasteiger partial charge in [0.2, 0.25) is 0 Å². The Balaban J connectivity index is 1.50. The standard InChI is InChI=1S/C26H18BrN3O6S/c1-35-22-11-19(10-21(27)24(22)36-15-18-4-2-16(13-28)3-5-18)12-23-25(31)29(26(32)37-23)14-17-6-8-20(9-7-17)30(33)34/h2-12H,14-15H2,1H3. The van der Waals surface area contributed by atoms with Crippen LogP contribution in [0.3, 0.4) is 0 Å². The molecule has 0 aromatic heterocycles. The van der Waals surface area contributed by atoms with Crippen molar-refractivity contribution in [2.24, 2.45) is 0 Å². The molecule has 4 rings (SSSR count). The third-order valence-electron chi connectivity index (χ3n) is 5.38. The average molecular weight is 580 g/mol. The third-order valence-corrected chi connectivity index (χ3v) is 6.87. The molecule has 3 aromatic carbocycles. The second-order valence-corrected chi connectivity index (χ2v) is 9.67. The highest BCUT2D eigenvalue weighted by molar-refractivity contribution is 9.10. The number of rotatable bonds is 8. The molecule has 11 heteroatoms. The predicted molar refractivity (Wildman–Crippen MR) is 141 cm³/mol. The summed E-state index contributed by atoms with van der Waals surface area (Å²) < 4.78 is 12.0. The van der Waals surface area contributed by atoms with E-state index in [0.29, 0.717) is 32.7 Å². The quantitative estimate of drug-likeness (QED) is 0.179. The van der Waals surface area contributed by atoms with E-state index < -0.39 is 16.1 Å². The minimum Gasteiger partial charge on any atom is -0.493 e. The molecular weight excluding hydrogens is 562 g/mol. The summed E-state index contributed by atoms with van der Waals surface area (Å²) in [6.45, 7) is 0.261. The van der Waals surface area contributed by atoms with E-state index in [1.807, 2.05) is 0 Å². The number of nitrogens with zero attached hydrogens (tertiary/aromatic N) is 3. The Morgan fingerprint density at radius 1 is 1.11 bits per heavy atom. The van der Waals surface area contributed by atoms with Crippen molar-refractivity contribution in [1.82, 2.24) is 4.90 Å². The first kappa shape index (κ1) is 25.9. The number of nitro benzene ring substituents is 1. The number of carbonyl (C=O) groups excluding carboxylic acids is 2. The molecule has 1 fully saturated rings. The Morgan fingerprint density at radius 2 is 1.78 bits per heavy atom. The Hall–Kier alpha value is -4.14. The number of methoxy groups -OCH3 is 1. The second-order valence-electron chi connectivity index (χ2n) is 7.82. The van der Waals surface area contributed by atoms with E-state index in [1.165, 1.54) is 31.4 Å². The summed E-state index contributed by atoms with van der Waals surface area (Å²) in [5.41, 5.74) is 2.59. The van der Waals surface area contributed by atoms with E-state index >= 15 is 0 Å². The average Bonchev–Trinajstić information content (AvgIpc) is 3.15. The first-order valence-corrected chi connectivity index (χ1v) is 12.4. The van der Waals surface area contributed by atoms with Crippen molar-refractivity contribution in [3.05, 3.63) is 102 Å². The second kappa shape index (κ2) is 11.3. The number of benzene rings is 3.